The van der Waals surface area contributed by atoms with E-state index in [0.29, 0.717) is 55.5 Å². The lowest BCUT2D eigenvalue weighted by Gasteiger charge is -2.26. The molecule has 0 saturated carbocycles. The molecule has 40 heavy (non-hydrogen) atoms. The number of likely N-dealkylation sites (tertiary alicyclic amines) is 1. The molecule has 4 rings (SSSR count). The molecular formula is C32H36N2O6. The number of aliphatic hydroxyl groups excluding tert-OH is 1. The van der Waals surface area contributed by atoms with Gasteiger partial charge in [-0.3, -0.25) is 9.59 Å². The van der Waals surface area contributed by atoms with Crippen molar-refractivity contribution in [3.05, 3.63) is 95.1 Å². The van der Waals surface area contributed by atoms with E-state index < -0.39 is 17.7 Å². The Morgan fingerprint density at radius 1 is 0.875 bits per heavy atom. The highest BCUT2D eigenvalue weighted by Crippen LogP contribution is 2.39. The van der Waals surface area contributed by atoms with Crippen molar-refractivity contribution in [1.82, 2.24) is 9.80 Å². The highest BCUT2D eigenvalue weighted by molar-refractivity contribution is 6.46. The van der Waals surface area contributed by atoms with Gasteiger partial charge in [0.05, 0.1) is 18.2 Å². The molecule has 0 aliphatic carbocycles. The van der Waals surface area contributed by atoms with Crippen molar-refractivity contribution in [2.24, 2.45) is 0 Å². The van der Waals surface area contributed by atoms with Crippen LogP contribution in [0.4, 0.5) is 0 Å². The third-order valence-corrected chi connectivity index (χ3v) is 6.67. The number of aryl methyl sites for hydroxylation is 1. The number of ketones is 1. The molecule has 3 aromatic carbocycles. The molecule has 1 fully saturated rings. The normalized spacial score (nSPS) is 16.4. The summed E-state index contributed by atoms with van der Waals surface area (Å²) in [6, 6.07) is 21.1. The quantitative estimate of drug-likeness (QED) is 0.151. The Hall–Kier alpha value is -4.30. The Labute approximate surface area is 235 Å². The predicted molar refractivity (Wildman–Crippen MR) is 154 cm³/mol. The third kappa shape index (κ3) is 6.63. The second-order valence-corrected chi connectivity index (χ2v) is 9.78. The molecule has 1 aliphatic rings. The topological polar surface area (TPSA) is 88.5 Å². The first-order chi connectivity index (χ1) is 19.3. The van der Waals surface area contributed by atoms with Crippen molar-refractivity contribution >= 4 is 17.4 Å². The van der Waals surface area contributed by atoms with Crippen LogP contribution in [0, 0.1) is 6.92 Å². The lowest BCUT2D eigenvalue weighted by molar-refractivity contribution is -0.140. The van der Waals surface area contributed by atoms with E-state index in [1.54, 1.807) is 36.4 Å². The van der Waals surface area contributed by atoms with Crippen LogP contribution >= 0.6 is 0 Å². The Morgan fingerprint density at radius 3 is 2.15 bits per heavy atom. The Bertz CT molecular complexity index is 1350. The zero-order chi connectivity index (χ0) is 28.6. The van der Waals surface area contributed by atoms with E-state index in [4.69, 9.17) is 14.2 Å². The minimum Gasteiger partial charge on any atom is -0.507 e. The maximum atomic E-state index is 13.2. The number of carbonyl (C=O) groups excluding carboxylic acids is 2. The summed E-state index contributed by atoms with van der Waals surface area (Å²) in [6.45, 7) is 6.03. The van der Waals surface area contributed by atoms with Gasteiger partial charge < -0.3 is 29.1 Å². The monoisotopic (exact) mass is 544 g/mol. The van der Waals surface area contributed by atoms with Crippen LogP contribution in [0.15, 0.2) is 78.4 Å². The average Bonchev–Trinajstić information content (AvgIpc) is 3.20. The maximum absolute atomic E-state index is 13.2. The van der Waals surface area contributed by atoms with Crippen LogP contribution in [0.1, 0.15) is 29.7 Å². The van der Waals surface area contributed by atoms with Gasteiger partial charge in [0.25, 0.3) is 11.7 Å². The highest BCUT2D eigenvalue weighted by Gasteiger charge is 2.45. The van der Waals surface area contributed by atoms with E-state index in [1.165, 1.54) is 4.90 Å². The second-order valence-electron chi connectivity index (χ2n) is 9.78. The number of Topliss-reactive ketones (excluding diaryl/α,β-unsaturated/α-hetero) is 1. The zero-order valence-electron chi connectivity index (χ0n) is 23.4. The Balaban J connectivity index is 1.56. The molecule has 1 aliphatic heterocycles. The number of rotatable bonds is 12. The minimum atomic E-state index is -0.732. The van der Waals surface area contributed by atoms with E-state index in [0.717, 1.165) is 11.3 Å². The van der Waals surface area contributed by atoms with E-state index in [2.05, 4.69) is 0 Å². The van der Waals surface area contributed by atoms with Crippen LogP contribution < -0.4 is 14.2 Å². The van der Waals surface area contributed by atoms with Gasteiger partial charge in [0.1, 0.15) is 36.2 Å². The van der Waals surface area contributed by atoms with Crippen LogP contribution in [0.25, 0.3) is 5.76 Å². The van der Waals surface area contributed by atoms with Crippen molar-refractivity contribution in [1.29, 1.82) is 0 Å². The van der Waals surface area contributed by atoms with Crippen LogP contribution in [-0.2, 0) is 9.59 Å². The van der Waals surface area contributed by atoms with Crippen LogP contribution in [0.2, 0.25) is 0 Å². The molecule has 8 nitrogen and oxygen atoms in total. The fourth-order valence-corrected chi connectivity index (χ4v) is 4.57. The number of benzene rings is 3. The molecule has 0 unspecified atom stereocenters. The number of hydrogen-bond acceptors (Lipinski definition) is 7. The van der Waals surface area contributed by atoms with Crippen molar-refractivity contribution in [3.63, 3.8) is 0 Å². The van der Waals surface area contributed by atoms with Crippen LogP contribution in [0.5, 0.6) is 17.2 Å². The highest BCUT2D eigenvalue weighted by atomic mass is 16.5. The number of para-hydroxylation sites is 1. The molecule has 3 aromatic rings. The summed E-state index contributed by atoms with van der Waals surface area (Å²) in [6.07, 6.45) is 0. The third-order valence-electron chi connectivity index (χ3n) is 6.67. The lowest BCUT2D eigenvalue weighted by atomic mass is 9.95. The van der Waals surface area contributed by atoms with Crippen LogP contribution in [-0.4, -0.2) is 73.6 Å². The number of hydrogen-bond donors (Lipinski definition) is 1. The van der Waals surface area contributed by atoms with E-state index in [1.807, 2.05) is 69.2 Å². The molecule has 1 saturated heterocycles. The van der Waals surface area contributed by atoms with Crippen molar-refractivity contribution in [2.75, 3.05) is 47.0 Å². The van der Waals surface area contributed by atoms with E-state index >= 15 is 0 Å². The van der Waals surface area contributed by atoms with Gasteiger partial charge in [-0.1, -0.05) is 30.3 Å². The van der Waals surface area contributed by atoms with Gasteiger partial charge in [-0.25, -0.2) is 0 Å². The lowest BCUT2D eigenvalue weighted by Crippen LogP contribution is -2.35. The summed E-state index contributed by atoms with van der Waals surface area (Å²) in [7, 11) is 3.81. The summed E-state index contributed by atoms with van der Waals surface area (Å²) >= 11 is 0. The number of nitrogens with zero attached hydrogens (tertiary/aromatic N) is 2. The molecule has 1 atom stereocenters. The SMILES string of the molecule is CCOc1ccc(C(O)=C2C(=O)C(=O)N(CCN(C)C)[C@@H]2c2ccc(OCCOc3ccccc3C)cc2)cc1. The van der Waals surface area contributed by atoms with E-state index in [-0.39, 0.29) is 11.3 Å². The van der Waals surface area contributed by atoms with Gasteiger partial charge in [0, 0.05) is 18.7 Å². The fourth-order valence-electron chi connectivity index (χ4n) is 4.57. The summed E-state index contributed by atoms with van der Waals surface area (Å²) in [4.78, 5) is 29.8. The molecule has 0 aromatic heterocycles. The second kappa shape index (κ2) is 13.2. The minimum absolute atomic E-state index is 0.0632. The van der Waals surface area contributed by atoms with Crippen LogP contribution in [0.3, 0.4) is 0 Å². The molecule has 1 amide bonds. The largest absolute Gasteiger partial charge is 0.507 e. The van der Waals surface area contributed by atoms with Crippen molar-refractivity contribution < 1.29 is 28.9 Å². The maximum Gasteiger partial charge on any atom is 0.295 e. The molecule has 0 bridgehead atoms. The molecule has 1 N–H and O–H groups in total. The average molecular weight is 545 g/mol. The Kier molecular flexibility index (Phi) is 9.45. The molecule has 0 radical (unpaired) electrons. The zero-order valence-corrected chi connectivity index (χ0v) is 23.4. The first-order valence-electron chi connectivity index (χ1n) is 13.4. The number of aliphatic hydroxyl groups is 1. The first kappa shape index (κ1) is 28.7. The number of ether oxygens (including phenoxy) is 3. The molecule has 210 valence electrons. The summed E-state index contributed by atoms with van der Waals surface area (Å²) in [5.41, 5.74) is 2.26. The standard InChI is InChI=1S/C32H36N2O6/c1-5-38-25-16-12-24(13-17-25)30(35)28-29(34(19-18-33(3)4)32(37)31(28)36)23-10-14-26(15-11-23)39-20-21-40-27-9-7-6-8-22(27)2/h6-17,29,35H,5,18-21H2,1-4H3/t29-/m1/s1. The number of amides is 1. The number of carbonyl (C=O) groups is 2. The summed E-state index contributed by atoms with van der Waals surface area (Å²) < 4.78 is 17.1. The molecule has 0 spiro atoms. The summed E-state index contributed by atoms with van der Waals surface area (Å²) in [5.74, 6) is 0.557. The fraction of sp³-hybridized carbons (Fsp3) is 0.312. The summed E-state index contributed by atoms with van der Waals surface area (Å²) in [5, 5.41) is 11.3. The predicted octanol–water partition coefficient (Wildman–Crippen LogP) is 4.83. The van der Waals surface area contributed by atoms with Gasteiger partial charge in [0.2, 0.25) is 0 Å². The first-order valence-corrected chi connectivity index (χ1v) is 13.4. The van der Waals surface area contributed by atoms with Crippen molar-refractivity contribution in [3.8, 4) is 17.2 Å². The molecule has 1 heterocycles. The van der Waals surface area contributed by atoms with Gasteiger partial charge in [-0.05, 0) is 81.5 Å². The van der Waals surface area contributed by atoms with Gasteiger partial charge >= 0.3 is 0 Å². The smallest absolute Gasteiger partial charge is 0.295 e. The molecule has 8 heteroatoms. The number of likely N-dealkylation sites (N-methyl/N-ethyl adjacent to an activating group) is 1. The van der Waals surface area contributed by atoms with Crippen molar-refractivity contribution in [2.45, 2.75) is 19.9 Å². The van der Waals surface area contributed by atoms with Gasteiger partial charge in [-0.2, -0.15) is 0 Å². The van der Waals surface area contributed by atoms with Gasteiger partial charge in [-0.15, -0.1) is 0 Å². The Morgan fingerprint density at radius 2 is 1.50 bits per heavy atom. The van der Waals surface area contributed by atoms with E-state index in [9.17, 15) is 14.7 Å². The van der Waals surface area contributed by atoms with Gasteiger partial charge in [0.15, 0.2) is 0 Å². The molecular weight excluding hydrogens is 508 g/mol.